The molecule has 0 bridgehead atoms. The van der Waals surface area contributed by atoms with E-state index in [1.165, 1.54) is 5.56 Å². The normalized spacial score (nSPS) is 11.5. The Kier molecular flexibility index (Phi) is 7.06. The lowest BCUT2D eigenvalue weighted by Crippen LogP contribution is -2.18. The zero-order valence-electron chi connectivity index (χ0n) is 17.4. The van der Waals surface area contributed by atoms with Crippen LogP contribution in [0.2, 0.25) is 0 Å². The number of carbonyl (C=O) groups excluding carboxylic acids is 1. The van der Waals surface area contributed by atoms with Crippen LogP contribution in [0, 0.1) is 0 Å². The van der Waals surface area contributed by atoms with Crippen LogP contribution in [-0.2, 0) is 12.0 Å². The first-order valence-electron chi connectivity index (χ1n) is 9.72. The van der Waals surface area contributed by atoms with E-state index in [4.69, 9.17) is 4.74 Å². The van der Waals surface area contributed by atoms with Gasteiger partial charge in [-0.15, -0.1) is 0 Å². The Balaban J connectivity index is 1.51. The van der Waals surface area contributed by atoms with Gasteiger partial charge in [0.2, 0.25) is 0 Å². The molecule has 0 radical (unpaired) electrons. The Morgan fingerprint density at radius 1 is 0.967 bits per heavy atom. The van der Waals surface area contributed by atoms with Crippen molar-refractivity contribution >= 4 is 28.1 Å². The summed E-state index contributed by atoms with van der Waals surface area (Å²) in [5.74, 6) is 0.541. The van der Waals surface area contributed by atoms with Gasteiger partial charge in [-0.25, -0.2) is 5.43 Å². The van der Waals surface area contributed by atoms with E-state index < -0.39 is 0 Å². The van der Waals surface area contributed by atoms with Crippen LogP contribution in [0.4, 0.5) is 0 Å². The van der Waals surface area contributed by atoms with E-state index in [9.17, 15) is 4.79 Å². The zero-order chi connectivity index (χ0) is 21.6. The number of ether oxygens (including phenoxy) is 1. The van der Waals surface area contributed by atoms with E-state index >= 15 is 0 Å². The van der Waals surface area contributed by atoms with Gasteiger partial charge in [-0.1, -0.05) is 61.0 Å². The van der Waals surface area contributed by atoms with Crippen molar-refractivity contribution in [2.75, 3.05) is 0 Å². The lowest BCUT2D eigenvalue weighted by molar-refractivity contribution is 0.0955. The van der Waals surface area contributed by atoms with E-state index in [0.29, 0.717) is 12.2 Å². The number of nitrogens with zero attached hydrogens (tertiary/aromatic N) is 1. The van der Waals surface area contributed by atoms with Crippen molar-refractivity contribution in [1.29, 1.82) is 0 Å². The van der Waals surface area contributed by atoms with Crippen molar-refractivity contribution in [3.8, 4) is 5.75 Å². The Morgan fingerprint density at radius 3 is 2.20 bits per heavy atom. The van der Waals surface area contributed by atoms with E-state index in [0.717, 1.165) is 21.3 Å². The van der Waals surface area contributed by atoms with Crippen molar-refractivity contribution in [3.63, 3.8) is 0 Å². The molecule has 0 saturated carbocycles. The van der Waals surface area contributed by atoms with Crippen molar-refractivity contribution in [2.45, 2.75) is 32.8 Å². The van der Waals surface area contributed by atoms with E-state index in [2.05, 4.69) is 47.2 Å². The fraction of sp³-hybridized carbons (Fsp3) is 0.200. The van der Waals surface area contributed by atoms with Gasteiger partial charge in [-0.05, 0) is 70.6 Å². The molecule has 30 heavy (non-hydrogen) atoms. The maximum atomic E-state index is 12.2. The summed E-state index contributed by atoms with van der Waals surface area (Å²) in [4.78, 5) is 12.2. The maximum absolute atomic E-state index is 12.2. The molecule has 1 amide bonds. The van der Waals surface area contributed by atoms with Gasteiger partial charge in [0.25, 0.3) is 5.91 Å². The molecule has 0 aromatic heterocycles. The summed E-state index contributed by atoms with van der Waals surface area (Å²) in [6.45, 7) is 6.93. The van der Waals surface area contributed by atoms with Crippen LogP contribution in [0.5, 0.6) is 5.75 Å². The first-order chi connectivity index (χ1) is 14.3. The van der Waals surface area contributed by atoms with Crippen molar-refractivity contribution < 1.29 is 9.53 Å². The molecule has 0 spiro atoms. The number of nitrogens with one attached hydrogen (secondary N) is 1. The number of amides is 1. The van der Waals surface area contributed by atoms with E-state index in [-0.39, 0.29) is 11.3 Å². The lowest BCUT2D eigenvalue weighted by atomic mass is 9.87. The average molecular weight is 465 g/mol. The van der Waals surface area contributed by atoms with Crippen LogP contribution < -0.4 is 10.2 Å². The molecule has 0 atom stereocenters. The Hall–Kier alpha value is -2.92. The molecule has 0 saturated heterocycles. The number of rotatable bonds is 6. The van der Waals surface area contributed by atoms with Gasteiger partial charge in [-0.3, -0.25) is 4.79 Å². The van der Waals surface area contributed by atoms with Crippen LogP contribution >= 0.6 is 15.9 Å². The van der Waals surface area contributed by atoms with Gasteiger partial charge < -0.3 is 4.74 Å². The fourth-order valence-electron chi connectivity index (χ4n) is 2.75. The minimum atomic E-state index is -0.235. The molecule has 0 aliphatic heterocycles. The highest BCUT2D eigenvalue weighted by Crippen LogP contribution is 2.22. The highest BCUT2D eigenvalue weighted by molar-refractivity contribution is 9.10. The number of halogens is 1. The summed E-state index contributed by atoms with van der Waals surface area (Å²) >= 11 is 3.42. The Labute approximate surface area is 186 Å². The molecule has 1 N–H and O–H groups in total. The molecule has 154 valence electrons. The van der Waals surface area contributed by atoms with E-state index in [1.54, 1.807) is 6.21 Å². The highest BCUT2D eigenvalue weighted by Gasteiger charge is 2.14. The van der Waals surface area contributed by atoms with Gasteiger partial charge in [0.1, 0.15) is 12.4 Å². The van der Waals surface area contributed by atoms with Crippen LogP contribution in [0.25, 0.3) is 0 Å². The summed E-state index contributed by atoms with van der Waals surface area (Å²) < 4.78 is 6.84. The van der Waals surface area contributed by atoms with Gasteiger partial charge in [-0.2, -0.15) is 5.10 Å². The van der Waals surface area contributed by atoms with Crippen LogP contribution in [-0.4, -0.2) is 12.1 Å². The third-order valence-electron chi connectivity index (χ3n) is 4.59. The van der Waals surface area contributed by atoms with E-state index in [1.807, 2.05) is 72.8 Å². The van der Waals surface area contributed by atoms with Gasteiger partial charge in [0.15, 0.2) is 0 Å². The third kappa shape index (κ3) is 6.29. The number of benzene rings is 3. The molecule has 0 aliphatic carbocycles. The number of hydrazone groups is 1. The molecular weight excluding hydrogens is 440 g/mol. The second-order valence-corrected chi connectivity index (χ2v) is 8.93. The molecule has 0 heterocycles. The molecule has 3 aromatic carbocycles. The fourth-order valence-corrected chi connectivity index (χ4v) is 3.01. The third-order valence-corrected chi connectivity index (χ3v) is 5.12. The second-order valence-electron chi connectivity index (χ2n) is 8.01. The minimum absolute atomic E-state index is 0.0568. The number of hydrogen-bond acceptors (Lipinski definition) is 3. The topological polar surface area (TPSA) is 50.7 Å². The molecule has 3 aromatic rings. The van der Waals surface area contributed by atoms with Crippen molar-refractivity contribution in [1.82, 2.24) is 5.43 Å². The summed E-state index contributed by atoms with van der Waals surface area (Å²) in [5.41, 5.74) is 6.36. The standard InChI is InChI=1S/C25H25BrN2O2/c1-25(2,3)21-10-8-20(9-11-21)24(29)28-27-16-18-6-14-23(15-7-18)30-17-19-4-12-22(26)13-5-19/h4-16H,17H2,1-3H3,(H,28,29)/b27-16-. The molecule has 4 nitrogen and oxygen atoms in total. The molecule has 3 rings (SSSR count). The Bertz CT molecular complexity index is 1000. The summed E-state index contributed by atoms with van der Waals surface area (Å²) in [6.07, 6.45) is 1.61. The Morgan fingerprint density at radius 2 is 1.60 bits per heavy atom. The summed E-state index contributed by atoms with van der Waals surface area (Å²) in [7, 11) is 0. The largest absolute Gasteiger partial charge is 0.489 e. The van der Waals surface area contributed by atoms with Gasteiger partial charge in [0.05, 0.1) is 6.21 Å². The predicted octanol–water partition coefficient (Wildman–Crippen LogP) is 6.09. The highest BCUT2D eigenvalue weighted by atomic mass is 79.9. The molecule has 0 unspecified atom stereocenters. The van der Waals surface area contributed by atoms with Crippen molar-refractivity contribution in [3.05, 3.63) is 99.5 Å². The first kappa shape index (κ1) is 21.8. The predicted molar refractivity (Wildman–Crippen MR) is 125 cm³/mol. The van der Waals surface area contributed by atoms with Crippen LogP contribution in [0.1, 0.15) is 47.8 Å². The van der Waals surface area contributed by atoms with Crippen LogP contribution in [0.3, 0.4) is 0 Å². The quantitative estimate of drug-likeness (QED) is 0.354. The number of hydrogen-bond donors (Lipinski definition) is 1. The average Bonchev–Trinajstić information content (AvgIpc) is 2.74. The minimum Gasteiger partial charge on any atom is -0.489 e. The first-order valence-corrected chi connectivity index (χ1v) is 10.5. The summed E-state index contributed by atoms with van der Waals surface area (Å²) in [6, 6.07) is 23.2. The van der Waals surface area contributed by atoms with Gasteiger partial charge in [0, 0.05) is 10.0 Å². The monoisotopic (exact) mass is 464 g/mol. The number of carbonyl (C=O) groups is 1. The summed E-state index contributed by atoms with van der Waals surface area (Å²) in [5, 5.41) is 4.05. The molecule has 0 aliphatic rings. The zero-order valence-corrected chi connectivity index (χ0v) is 18.9. The maximum Gasteiger partial charge on any atom is 0.271 e. The molecule has 0 fully saturated rings. The molecular formula is C25H25BrN2O2. The molecule has 5 heteroatoms. The lowest BCUT2D eigenvalue weighted by Gasteiger charge is -2.18. The van der Waals surface area contributed by atoms with Crippen molar-refractivity contribution in [2.24, 2.45) is 5.10 Å². The van der Waals surface area contributed by atoms with Gasteiger partial charge >= 0.3 is 0 Å². The van der Waals surface area contributed by atoms with Crippen LogP contribution in [0.15, 0.2) is 82.4 Å². The smallest absolute Gasteiger partial charge is 0.271 e. The SMILES string of the molecule is CC(C)(C)c1ccc(C(=O)N/N=C\c2ccc(OCc3ccc(Br)cc3)cc2)cc1. The second kappa shape index (κ2) is 9.72.